The number of aromatic nitrogens is 2. The Hall–Kier alpha value is -1.30. The van der Waals surface area contributed by atoms with E-state index in [4.69, 9.17) is 5.73 Å². The first-order valence-corrected chi connectivity index (χ1v) is 7.16. The van der Waals surface area contributed by atoms with Crippen molar-refractivity contribution >= 4 is 41.8 Å². The molecule has 2 N–H and O–H groups in total. The number of benzene rings is 1. The molecule has 1 fully saturated rings. The van der Waals surface area contributed by atoms with Gasteiger partial charge in [-0.05, 0) is 18.6 Å². The zero-order valence-electron chi connectivity index (χ0n) is 12.6. The van der Waals surface area contributed by atoms with Crippen LogP contribution in [-0.2, 0) is 17.8 Å². The fraction of sp³-hybridized carbons (Fsp3) is 0.467. The number of rotatable bonds is 3. The highest BCUT2D eigenvalue weighted by molar-refractivity contribution is 5.85. The van der Waals surface area contributed by atoms with Gasteiger partial charge in [-0.2, -0.15) is 0 Å². The Bertz CT molecular complexity index is 644. The molecule has 1 saturated heterocycles. The van der Waals surface area contributed by atoms with Gasteiger partial charge < -0.3 is 15.2 Å². The minimum absolute atomic E-state index is 0. The maximum atomic E-state index is 12.4. The van der Waals surface area contributed by atoms with E-state index in [0.717, 1.165) is 36.2 Å². The summed E-state index contributed by atoms with van der Waals surface area (Å²) < 4.78 is 2.03. The summed E-state index contributed by atoms with van der Waals surface area (Å²) in [6.07, 6.45) is 1.72. The Morgan fingerprint density at radius 2 is 2.09 bits per heavy atom. The molecule has 2 aromatic rings. The molecule has 0 aliphatic carbocycles. The Balaban J connectivity index is 0.00000121. The quantitative estimate of drug-likeness (QED) is 0.926. The summed E-state index contributed by atoms with van der Waals surface area (Å²) in [5.74, 6) is 1.10. The lowest BCUT2D eigenvalue weighted by Crippen LogP contribution is -2.34. The van der Waals surface area contributed by atoms with E-state index in [1.165, 1.54) is 0 Å². The third-order valence-corrected chi connectivity index (χ3v) is 3.92. The zero-order valence-corrected chi connectivity index (χ0v) is 14.2. The van der Waals surface area contributed by atoms with Crippen LogP contribution in [0, 0.1) is 0 Å². The zero-order chi connectivity index (χ0) is 14.1. The maximum Gasteiger partial charge on any atom is 0.242 e. The summed E-state index contributed by atoms with van der Waals surface area (Å²) >= 11 is 0. The molecule has 0 spiro atoms. The van der Waals surface area contributed by atoms with Gasteiger partial charge in [0.05, 0.1) is 11.0 Å². The highest BCUT2D eigenvalue weighted by Crippen LogP contribution is 2.17. The van der Waals surface area contributed by atoms with Gasteiger partial charge in [0.25, 0.3) is 0 Å². The van der Waals surface area contributed by atoms with Crippen LogP contribution in [0.15, 0.2) is 24.3 Å². The predicted octanol–water partition coefficient (Wildman–Crippen LogP) is 2.00. The first-order valence-electron chi connectivity index (χ1n) is 7.16. The van der Waals surface area contributed by atoms with E-state index in [-0.39, 0.29) is 36.8 Å². The van der Waals surface area contributed by atoms with E-state index in [1.807, 2.05) is 33.7 Å². The summed E-state index contributed by atoms with van der Waals surface area (Å²) in [5.41, 5.74) is 7.85. The van der Waals surface area contributed by atoms with E-state index in [0.29, 0.717) is 13.1 Å². The number of amides is 1. The fourth-order valence-corrected chi connectivity index (χ4v) is 2.82. The van der Waals surface area contributed by atoms with Crippen molar-refractivity contribution < 1.29 is 4.79 Å². The Morgan fingerprint density at radius 3 is 2.73 bits per heavy atom. The molecule has 0 bridgehead atoms. The number of para-hydroxylation sites is 2. The first kappa shape index (κ1) is 18.7. The molecule has 22 heavy (non-hydrogen) atoms. The lowest BCUT2D eigenvalue weighted by Gasteiger charge is -2.17. The molecule has 1 aliphatic rings. The van der Waals surface area contributed by atoms with Crippen LogP contribution >= 0.6 is 24.8 Å². The molecule has 7 heteroatoms. The maximum absolute atomic E-state index is 12.4. The van der Waals surface area contributed by atoms with Crippen LogP contribution in [0.1, 0.15) is 19.2 Å². The number of carbonyl (C=O) groups is 1. The largest absolute Gasteiger partial charge is 0.340 e. The predicted molar refractivity (Wildman–Crippen MR) is 92.8 cm³/mol. The number of aryl methyl sites for hydroxylation is 1. The van der Waals surface area contributed by atoms with Gasteiger partial charge >= 0.3 is 0 Å². The summed E-state index contributed by atoms with van der Waals surface area (Å²) in [5, 5.41) is 0. The van der Waals surface area contributed by atoms with Crippen LogP contribution in [0.3, 0.4) is 0 Å². The van der Waals surface area contributed by atoms with Crippen molar-refractivity contribution in [2.24, 2.45) is 5.73 Å². The molecule has 1 aliphatic heterocycles. The molecule has 3 rings (SSSR count). The standard InChI is InChI=1S/C15H20N4O.2ClH/c1-2-14-17-12-5-3-4-6-13(12)19(14)10-15(20)18-8-7-11(16)9-18;;/h3-6,11H,2,7-10,16H2,1H3;2*1H. The summed E-state index contributed by atoms with van der Waals surface area (Å²) in [7, 11) is 0. The van der Waals surface area contributed by atoms with E-state index in [2.05, 4.69) is 11.9 Å². The molecule has 1 aromatic carbocycles. The molecule has 0 saturated carbocycles. The number of hydrogen-bond acceptors (Lipinski definition) is 3. The monoisotopic (exact) mass is 344 g/mol. The van der Waals surface area contributed by atoms with Gasteiger partial charge in [-0.15, -0.1) is 24.8 Å². The smallest absolute Gasteiger partial charge is 0.242 e. The number of hydrogen-bond donors (Lipinski definition) is 1. The third kappa shape index (κ3) is 3.54. The number of imidazole rings is 1. The number of carbonyl (C=O) groups excluding carboxylic acids is 1. The van der Waals surface area contributed by atoms with Crippen LogP contribution in [0.4, 0.5) is 0 Å². The second kappa shape index (κ2) is 7.81. The first-order chi connectivity index (χ1) is 9.69. The van der Waals surface area contributed by atoms with Gasteiger partial charge in [0.2, 0.25) is 5.91 Å². The van der Waals surface area contributed by atoms with Gasteiger partial charge in [0.15, 0.2) is 0 Å². The normalized spacial score (nSPS) is 17.2. The van der Waals surface area contributed by atoms with Crippen molar-refractivity contribution in [3.05, 3.63) is 30.1 Å². The van der Waals surface area contributed by atoms with Crippen molar-refractivity contribution in [3.63, 3.8) is 0 Å². The van der Waals surface area contributed by atoms with Gasteiger partial charge in [0.1, 0.15) is 12.4 Å². The Morgan fingerprint density at radius 1 is 1.36 bits per heavy atom. The molecule has 1 unspecified atom stereocenters. The number of likely N-dealkylation sites (tertiary alicyclic amines) is 1. The minimum atomic E-state index is 0. The van der Waals surface area contributed by atoms with Crippen molar-refractivity contribution in [1.82, 2.24) is 14.5 Å². The molecular weight excluding hydrogens is 323 g/mol. The van der Waals surface area contributed by atoms with E-state index < -0.39 is 0 Å². The van der Waals surface area contributed by atoms with Crippen LogP contribution in [0.5, 0.6) is 0 Å². The second-order valence-corrected chi connectivity index (χ2v) is 5.34. The Labute approximate surface area is 142 Å². The van der Waals surface area contributed by atoms with Crippen molar-refractivity contribution in [2.75, 3.05) is 13.1 Å². The highest BCUT2D eigenvalue weighted by Gasteiger charge is 2.24. The SMILES string of the molecule is CCc1nc2ccccc2n1CC(=O)N1CCC(N)C1.Cl.Cl. The van der Waals surface area contributed by atoms with Crippen LogP contribution in [-0.4, -0.2) is 39.5 Å². The topological polar surface area (TPSA) is 64.2 Å². The van der Waals surface area contributed by atoms with E-state index >= 15 is 0 Å². The highest BCUT2D eigenvalue weighted by atomic mass is 35.5. The average Bonchev–Trinajstić information content (AvgIpc) is 3.03. The second-order valence-electron chi connectivity index (χ2n) is 5.34. The number of nitrogens with zero attached hydrogens (tertiary/aromatic N) is 3. The van der Waals surface area contributed by atoms with E-state index in [1.54, 1.807) is 0 Å². The van der Waals surface area contributed by atoms with Crippen molar-refractivity contribution in [2.45, 2.75) is 32.4 Å². The average molecular weight is 345 g/mol. The van der Waals surface area contributed by atoms with Crippen LogP contribution in [0.25, 0.3) is 11.0 Å². The van der Waals surface area contributed by atoms with Crippen LogP contribution < -0.4 is 5.73 Å². The molecule has 2 heterocycles. The summed E-state index contributed by atoms with van der Waals surface area (Å²) in [6.45, 7) is 3.87. The molecule has 1 aromatic heterocycles. The van der Waals surface area contributed by atoms with Gasteiger partial charge in [0, 0.05) is 25.6 Å². The minimum Gasteiger partial charge on any atom is -0.340 e. The summed E-state index contributed by atoms with van der Waals surface area (Å²) in [4.78, 5) is 18.8. The molecule has 5 nitrogen and oxygen atoms in total. The van der Waals surface area contributed by atoms with E-state index in [9.17, 15) is 4.79 Å². The van der Waals surface area contributed by atoms with Gasteiger partial charge in [-0.3, -0.25) is 4.79 Å². The lowest BCUT2D eigenvalue weighted by molar-refractivity contribution is -0.130. The van der Waals surface area contributed by atoms with Crippen LogP contribution in [0.2, 0.25) is 0 Å². The fourth-order valence-electron chi connectivity index (χ4n) is 2.82. The summed E-state index contributed by atoms with van der Waals surface area (Å²) in [6, 6.07) is 8.09. The molecule has 0 radical (unpaired) electrons. The number of nitrogens with two attached hydrogens (primary N) is 1. The molecule has 122 valence electrons. The number of halogens is 2. The molecular formula is C15H22Cl2N4O. The molecule has 1 amide bonds. The molecule has 1 atom stereocenters. The lowest BCUT2D eigenvalue weighted by atomic mass is 10.3. The van der Waals surface area contributed by atoms with Gasteiger partial charge in [-0.25, -0.2) is 4.98 Å². The number of fused-ring (bicyclic) bond motifs is 1. The van der Waals surface area contributed by atoms with Gasteiger partial charge in [-0.1, -0.05) is 19.1 Å². The Kier molecular flexibility index (Phi) is 6.66. The third-order valence-electron chi connectivity index (χ3n) is 3.92. The van der Waals surface area contributed by atoms with Crippen molar-refractivity contribution in [1.29, 1.82) is 0 Å². The van der Waals surface area contributed by atoms with Crippen molar-refractivity contribution in [3.8, 4) is 0 Å².